The highest BCUT2D eigenvalue weighted by atomic mass is 16.2. The number of H-pyrrole nitrogens is 1. The standard InChI is InChI=1S/C18H16N4O2/c19-12-5-3-7-14-16(12)18(24)22-15(17(23)21-14)8-10-9-20-13-6-2-1-4-11(10)13/h1-7,9,15,20H,8,19H2,(H,21,23)(H,22,24)/t15-/m0/s1. The molecule has 0 aliphatic carbocycles. The number of hydrogen-bond acceptors (Lipinski definition) is 3. The zero-order chi connectivity index (χ0) is 16.7. The number of aromatic amines is 1. The average Bonchev–Trinajstić information content (AvgIpc) is 2.92. The molecule has 0 bridgehead atoms. The summed E-state index contributed by atoms with van der Waals surface area (Å²) in [5.41, 5.74) is 8.96. The normalized spacial score (nSPS) is 17.1. The molecule has 0 unspecified atom stereocenters. The van der Waals surface area contributed by atoms with Crippen molar-refractivity contribution in [2.45, 2.75) is 12.5 Å². The first kappa shape index (κ1) is 14.3. The van der Waals surface area contributed by atoms with Gasteiger partial charge in [-0.05, 0) is 23.8 Å². The largest absolute Gasteiger partial charge is 0.398 e. The molecule has 4 rings (SSSR count). The van der Waals surface area contributed by atoms with Crippen LogP contribution in [0.15, 0.2) is 48.7 Å². The average molecular weight is 320 g/mol. The van der Waals surface area contributed by atoms with Crippen molar-refractivity contribution >= 4 is 34.1 Å². The molecule has 6 nitrogen and oxygen atoms in total. The zero-order valence-corrected chi connectivity index (χ0v) is 12.8. The van der Waals surface area contributed by atoms with Crippen LogP contribution < -0.4 is 16.4 Å². The number of fused-ring (bicyclic) bond motifs is 2. The van der Waals surface area contributed by atoms with E-state index in [0.717, 1.165) is 16.5 Å². The summed E-state index contributed by atoms with van der Waals surface area (Å²) in [5, 5.41) is 6.62. The van der Waals surface area contributed by atoms with Gasteiger partial charge >= 0.3 is 0 Å². The topological polar surface area (TPSA) is 100 Å². The van der Waals surface area contributed by atoms with Crippen LogP contribution in [0.3, 0.4) is 0 Å². The second-order valence-electron chi connectivity index (χ2n) is 5.85. The smallest absolute Gasteiger partial charge is 0.256 e. The lowest BCUT2D eigenvalue weighted by Gasteiger charge is -2.14. The number of aromatic nitrogens is 1. The van der Waals surface area contributed by atoms with Gasteiger partial charge in [-0.25, -0.2) is 0 Å². The van der Waals surface area contributed by atoms with Crippen molar-refractivity contribution in [1.82, 2.24) is 10.3 Å². The van der Waals surface area contributed by atoms with Gasteiger partial charge < -0.3 is 21.4 Å². The molecule has 2 amide bonds. The van der Waals surface area contributed by atoms with Crippen LogP contribution in [0, 0.1) is 0 Å². The SMILES string of the molecule is Nc1cccc2c1C(=O)N[C@@H](Cc1c[nH]c3ccccc13)C(=O)N2. The van der Waals surface area contributed by atoms with Gasteiger partial charge in [0.1, 0.15) is 6.04 Å². The summed E-state index contributed by atoms with van der Waals surface area (Å²) in [6.45, 7) is 0. The fourth-order valence-corrected chi connectivity index (χ4v) is 3.11. The summed E-state index contributed by atoms with van der Waals surface area (Å²) in [6.07, 6.45) is 2.27. The van der Waals surface area contributed by atoms with Gasteiger partial charge in [-0.3, -0.25) is 9.59 Å². The van der Waals surface area contributed by atoms with Gasteiger partial charge in [0.25, 0.3) is 5.91 Å². The molecule has 2 aromatic carbocycles. The minimum Gasteiger partial charge on any atom is -0.398 e. The molecule has 0 saturated carbocycles. The fourth-order valence-electron chi connectivity index (χ4n) is 3.11. The summed E-state index contributed by atoms with van der Waals surface area (Å²) in [5.74, 6) is -0.593. The predicted molar refractivity (Wildman–Crippen MR) is 92.7 cm³/mol. The maximum absolute atomic E-state index is 12.5. The molecular weight excluding hydrogens is 304 g/mol. The number of carbonyl (C=O) groups excluding carboxylic acids is 2. The Kier molecular flexibility index (Phi) is 3.23. The Labute approximate surface area is 138 Å². The maximum atomic E-state index is 12.5. The zero-order valence-electron chi connectivity index (χ0n) is 12.8. The molecule has 0 fully saturated rings. The highest BCUT2D eigenvalue weighted by molar-refractivity contribution is 6.12. The first-order valence-corrected chi connectivity index (χ1v) is 7.68. The maximum Gasteiger partial charge on any atom is 0.256 e. The van der Waals surface area contributed by atoms with Crippen molar-refractivity contribution in [2.24, 2.45) is 0 Å². The summed E-state index contributed by atoms with van der Waals surface area (Å²) in [6, 6.07) is 12.2. The van der Waals surface area contributed by atoms with Gasteiger partial charge in [0.15, 0.2) is 0 Å². The summed E-state index contributed by atoms with van der Waals surface area (Å²) < 4.78 is 0. The Morgan fingerprint density at radius 3 is 2.75 bits per heavy atom. The van der Waals surface area contributed by atoms with Crippen molar-refractivity contribution in [3.05, 3.63) is 59.8 Å². The number of nitrogen functional groups attached to an aromatic ring is 1. The van der Waals surface area contributed by atoms with Crippen LogP contribution in [0.5, 0.6) is 0 Å². The third kappa shape index (κ3) is 2.28. The third-order valence-electron chi connectivity index (χ3n) is 4.30. The van der Waals surface area contributed by atoms with E-state index in [2.05, 4.69) is 15.6 Å². The first-order valence-electron chi connectivity index (χ1n) is 7.68. The second kappa shape index (κ2) is 5.42. The molecule has 1 aliphatic rings. The quantitative estimate of drug-likeness (QED) is 0.544. The second-order valence-corrected chi connectivity index (χ2v) is 5.85. The van der Waals surface area contributed by atoms with Gasteiger partial charge in [0.2, 0.25) is 5.91 Å². The number of amides is 2. The van der Waals surface area contributed by atoms with Crippen LogP contribution in [0.25, 0.3) is 10.9 Å². The van der Waals surface area contributed by atoms with Crippen molar-refractivity contribution in [2.75, 3.05) is 11.1 Å². The molecule has 6 heteroatoms. The van der Waals surface area contributed by atoms with Crippen LogP contribution in [0.4, 0.5) is 11.4 Å². The van der Waals surface area contributed by atoms with E-state index in [1.54, 1.807) is 18.2 Å². The van der Waals surface area contributed by atoms with E-state index in [9.17, 15) is 9.59 Å². The van der Waals surface area contributed by atoms with Crippen molar-refractivity contribution in [1.29, 1.82) is 0 Å². The Bertz CT molecular complexity index is 961. The number of rotatable bonds is 2. The van der Waals surface area contributed by atoms with Crippen LogP contribution in [-0.4, -0.2) is 22.8 Å². The Balaban J connectivity index is 1.67. The first-order chi connectivity index (χ1) is 11.6. The molecular formula is C18H16N4O2. The van der Waals surface area contributed by atoms with Gasteiger partial charge in [0, 0.05) is 29.2 Å². The van der Waals surface area contributed by atoms with Gasteiger partial charge in [-0.1, -0.05) is 24.3 Å². The molecule has 0 saturated heterocycles. The Morgan fingerprint density at radius 1 is 1.04 bits per heavy atom. The Hall–Kier alpha value is -3.28. The number of anilines is 2. The number of para-hydroxylation sites is 1. The molecule has 0 spiro atoms. The van der Waals surface area contributed by atoms with Crippen LogP contribution in [0.1, 0.15) is 15.9 Å². The Morgan fingerprint density at radius 2 is 1.88 bits per heavy atom. The van der Waals surface area contributed by atoms with Crippen molar-refractivity contribution < 1.29 is 9.59 Å². The highest BCUT2D eigenvalue weighted by Gasteiger charge is 2.29. The lowest BCUT2D eigenvalue weighted by Crippen LogP contribution is -2.42. The van der Waals surface area contributed by atoms with Gasteiger partial charge in [-0.2, -0.15) is 0 Å². The third-order valence-corrected chi connectivity index (χ3v) is 4.30. The van der Waals surface area contributed by atoms with Crippen molar-refractivity contribution in [3.8, 4) is 0 Å². The van der Waals surface area contributed by atoms with Crippen molar-refractivity contribution in [3.63, 3.8) is 0 Å². The summed E-state index contributed by atoms with van der Waals surface area (Å²) in [7, 11) is 0. The lowest BCUT2D eigenvalue weighted by molar-refractivity contribution is -0.117. The lowest BCUT2D eigenvalue weighted by atomic mass is 10.0. The molecule has 0 radical (unpaired) electrons. The molecule has 120 valence electrons. The molecule has 2 heterocycles. The van der Waals surface area contributed by atoms with Crippen LogP contribution in [0.2, 0.25) is 0 Å². The number of nitrogens with two attached hydrogens (primary N) is 1. The summed E-state index contributed by atoms with van der Waals surface area (Å²) >= 11 is 0. The number of carbonyl (C=O) groups is 2. The highest BCUT2D eigenvalue weighted by Crippen LogP contribution is 2.26. The van der Waals surface area contributed by atoms with Gasteiger partial charge in [-0.15, -0.1) is 0 Å². The van der Waals surface area contributed by atoms with E-state index in [0.29, 0.717) is 23.4 Å². The van der Waals surface area contributed by atoms with E-state index >= 15 is 0 Å². The van der Waals surface area contributed by atoms with Crippen LogP contribution in [-0.2, 0) is 11.2 Å². The summed E-state index contributed by atoms with van der Waals surface area (Å²) in [4.78, 5) is 28.2. The molecule has 1 aliphatic heterocycles. The molecule has 24 heavy (non-hydrogen) atoms. The van der Waals surface area contributed by atoms with Gasteiger partial charge in [0.05, 0.1) is 11.3 Å². The molecule has 1 aromatic heterocycles. The van der Waals surface area contributed by atoms with Crippen LogP contribution >= 0.6 is 0 Å². The monoisotopic (exact) mass is 320 g/mol. The number of hydrogen-bond donors (Lipinski definition) is 4. The van der Waals surface area contributed by atoms with E-state index in [1.165, 1.54) is 0 Å². The van der Waals surface area contributed by atoms with E-state index in [4.69, 9.17) is 5.73 Å². The number of benzene rings is 2. The minimum absolute atomic E-state index is 0.252. The predicted octanol–water partition coefficient (Wildman–Crippen LogP) is 2.04. The minimum atomic E-state index is -0.663. The number of nitrogens with one attached hydrogen (secondary N) is 3. The molecule has 3 aromatic rings. The fraction of sp³-hybridized carbons (Fsp3) is 0.111. The molecule has 1 atom stereocenters. The molecule has 5 N–H and O–H groups in total. The van der Waals surface area contributed by atoms with E-state index in [-0.39, 0.29) is 11.8 Å². The van der Waals surface area contributed by atoms with E-state index in [1.807, 2.05) is 30.5 Å². The van der Waals surface area contributed by atoms with E-state index < -0.39 is 6.04 Å².